The van der Waals surface area contributed by atoms with E-state index in [4.69, 9.17) is 0 Å². The number of hydrogen-bond acceptors (Lipinski definition) is 6. The third-order valence-electron chi connectivity index (χ3n) is 9.80. The lowest BCUT2D eigenvalue weighted by Gasteiger charge is -2.60. The zero-order valence-corrected chi connectivity index (χ0v) is 24.1. The molecule has 1 N–H and O–H groups in total. The van der Waals surface area contributed by atoms with Crippen molar-refractivity contribution in [1.29, 1.82) is 5.26 Å². The zero-order valence-electron chi connectivity index (χ0n) is 24.1. The Morgan fingerprint density at radius 1 is 1.02 bits per heavy atom. The molecule has 7 rings (SSSR count). The number of nitrogens with zero attached hydrogens (tertiary/aromatic N) is 4. The lowest BCUT2D eigenvalue weighted by atomic mass is 9.45. The summed E-state index contributed by atoms with van der Waals surface area (Å²) < 4.78 is 0. The Labute approximate surface area is 247 Å². The van der Waals surface area contributed by atoms with Gasteiger partial charge in [-0.15, -0.1) is 0 Å². The van der Waals surface area contributed by atoms with Gasteiger partial charge < -0.3 is 5.32 Å². The molecule has 3 aromatic rings. The molecule has 1 aliphatic heterocycles. The van der Waals surface area contributed by atoms with Gasteiger partial charge in [0, 0.05) is 55.8 Å². The van der Waals surface area contributed by atoms with E-state index in [0.29, 0.717) is 48.2 Å². The number of pyridine rings is 2. The van der Waals surface area contributed by atoms with Gasteiger partial charge in [0.05, 0.1) is 11.6 Å². The molecule has 2 bridgehead atoms. The van der Waals surface area contributed by atoms with Gasteiger partial charge in [0.2, 0.25) is 0 Å². The van der Waals surface area contributed by atoms with Gasteiger partial charge in [0.1, 0.15) is 11.4 Å². The van der Waals surface area contributed by atoms with Crippen molar-refractivity contribution in [2.75, 3.05) is 6.54 Å². The van der Waals surface area contributed by atoms with E-state index in [2.05, 4.69) is 41.8 Å². The summed E-state index contributed by atoms with van der Waals surface area (Å²) in [5.41, 5.74) is 3.36. The molecule has 42 heavy (non-hydrogen) atoms. The molecule has 3 saturated carbocycles. The molecule has 7 heteroatoms. The Morgan fingerprint density at radius 2 is 1.62 bits per heavy atom. The van der Waals surface area contributed by atoms with Gasteiger partial charge in [-0.25, -0.2) is 0 Å². The van der Waals surface area contributed by atoms with E-state index >= 15 is 0 Å². The smallest absolute Gasteiger partial charge is 0.254 e. The number of ketones is 1. The molecule has 0 radical (unpaired) electrons. The number of carbonyl (C=O) groups excluding carboxylic acids is 2. The first-order valence-corrected chi connectivity index (χ1v) is 14.5. The monoisotopic (exact) mass is 557 g/mol. The highest BCUT2D eigenvalue weighted by atomic mass is 16.2. The van der Waals surface area contributed by atoms with Gasteiger partial charge in [-0.3, -0.25) is 24.5 Å². The predicted octanol–water partition coefficient (Wildman–Crippen LogP) is 5.27. The Morgan fingerprint density at radius 3 is 2.14 bits per heavy atom. The molecule has 1 aromatic carbocycles. The summed E-state index contributed by atoms with van der Waals surface area (Å²) in [6.07, 6.45) is 11.5. The molecule has 7 nitrogen and oxygen atoms in total. The Hall–Kier alpha value is -4.57. The van der Waals surface area contributed by atoms with Gasteiger partial charge >= 0.3 is 0 Å². The fourth-order valence-electron chi connectivity index (χ4n) is 7.18. The summed E-state index contributed by atoms with van der Waals surface area (Å²) in [4.78, 5) is 38.3. The quantitative estimate of drug-likeness (QED) is 0.230. The molecule has 3 atom stereocenters. The molecule has 0 spiro atoms. The Bertz CT molecular complexity index is 1550. The topological polar surface area (TPSA) is 99.0 Å². The molecule has 4 fully saturated rings. The maximum absolute atomic E-state index is 14.7. The number of nitriles is 1. The molecule has 3 heterocycles. The van der Waals surface area contributed by atoms with Crippen LogP contribution in [0.3, 0.4) is 0 Å². The summed E-state index contributed by atoms with van der Waals surface area (Å²) in [6.45, 7) is 9.65. The fraction of sp³-hybridized carbons (Fsp3) is 0.343. The average Bonchev–Trinajstić information content (AvgIpc) is 3.23. The summed E-state index contributed by atoms with van der Waals surface area (Å²) in [6, 6.07) is 16.4. The molecule has 4 aliphatic rings. The van der Waals surface area contributed by atoms with Crippen molar-refractivity contribution >= 4 is 11.7 Å². The highest BCUT2D eigenvalue weighted by Gasteiger charge is 2.56. The number of aromatic nitrogens is 2. The van der Waals surface area contributed by atoms with Crippen LogP contribution in [-0.4, -0.2) is 38.6 Å². The minimum atomic E-state index is -1.00. The van der Waals surface area contributed by atoms with Crippen LogP contribution in [0.2, 0.25) is 0 Å². The molecule has 1 amide bonds. The third-order valence-corrected chi connectivity index (χ3v) is 9.80. The van der Waals surface area contributed by atoms with Crippen molar-refractivity contribution < 1.29 is 9.59 Å². The number of rotatable bonds is 8. The van der Waals surface area contributed by atoms with Crippen molar-refractivity contribution in [3.05, 3.63) is 120 Å². The number of nitrogens with one attached hydrogen (secondary N) is 1. The first-order valence-electron chi connectivity index (χ1n) is 14.5. The molecular formula is C35H35N5O2. The Kier molecular flexibility index (Phi) is 7.02. The van der Waals surface area contributed by atoms with E-state index in [0.717, 1.165) is 17.5 Å². The molecule has 212 valence electrons. The van der Waals surface area contributed by atoms with Crippen LogP contribution in [0.15, 0.2) is 97.4 Å². The van der Waals surface area contributed by atoms with Crippen LogP contribution < -0.4 is 5.32 Å². The van der Waals surface area contributed by atoms with E-state index in [-0.39, 0.29) is 23.0 Å². The summed E-state index contributed by atoms with van der Waals surface area (Å²) in [7, 11) is 0. The second-order valence-electron chi connectivity index (χ2n) is 12.6. The normalized spacial score (nSPS) is 24.5. The first kappa shape index (κ1) is 27.6. The standard InChI is InChI=1S/C35H35N5O2/c1-23-28(16-29-17-30(23)34(29,2)3)22-40-32(18-31(41)27-6-4-26(21-36)5-7-27)39-35(33(40)42,19-24-8-12-37-13-9-24)20-25-10-14-38-15-11-25/h4-15,18,28-30,39H,1,16-17,19-20,22H2,2-3H3. The van der Waals surface area contributed by atoms with Crippen LogP contribution in [0.1, 0.15) is 53.7 Å². The lowest BCUT2D eigenvalue weighted by Crippen LogP contribution is -2.54. The SMILES string of the molecule is C=C1C(CN2C(=O)C(Cc3ccncc3)(Cc3ccncc3)NC2=CC(=O)c2ccc(C#N)cc2)CC2CC1C2(C)C. The van der Waals surface area contributed by atoms with Crippen LogP contribution in [0.4, 0.5) is 0 Å². The molecule has 1 saturated heterocycles. The Balaban J connectivity index is 1.38. The van der Waals surface area contributed by atoms with Gasteiger partial charge in [0.25, 0.3) is 5.91 Å². The average molecular weight is 558 g/mol. The van der Waals surface area contributed by atoms with Crippen LogP contribution >= 0.6 is 0 Å². The maximum atomic E-state index is 14.7. The van der Waals surface area contributed by atoms with E-state index in [1.807, 2.05) is 24.3 Å². The van der Waals surface area contributed by atoms with Crippen molar-refractivity contribution in [2.45, 2.75) is 45.1 Å². The van der Waals surface area contributed by atoms with E-state index in [1.54, 1.807) is 54.0 Å². The van der Waals surface area contributed by atoms with E-state index < -0.39 is 5.54 Å². The van der Waals surface area contributed by atoms with Gasteiger partial charge in [-0.1, -0.05) is 26.0 Å². The highest BCUT2D eigenvalue weighted by Crippen LogP contribution is 2.62. The maximum Gasteiger partial charge on any atom is 0.254 e. The van der Waals surface area contributed by atoms with Gasteiger partial charge in [-0.2, -0.15) is 5.26 Å². The molecule has 3 unspecified atom stereocenters. The fourth-order valence-corrected chi connectivity index (χ4v) is 7.18. The number of amides is 1. The lowest BCUT2D eigenvalue weighted by molar-refractivity contribution is -0.132. The number of hydrogen-bond donors (Lipinski definition) is 1. The van der Waals surface area contributed by atoms with Crippen molar-refractivity contribution in [3.8, 4) is 6.07 Å². The summed E-state index contributed by atoms with van der Waals surface area (Å²) in [5.74, 6) is 1.45. The highest BCUT2D eigenvalue weighted by molar-refractivity contribution is 6.06. The minimum Gasteiger partial charge on any atom is -0.357 e. The van der Waals surface area contributed by atoms with Crippen molar-refractivity contribution in [3.63, 3.8) is 0 Å². The largest absolute Gasteiger partial charge is 0.357 e. The van der Waals surface area contributed by atoms with Crippen LogP contribution in [0, 0.1) is 34.5 Å². The van der Waals surface area contributed by atoms with Crippen LogP contribution in [0.25, 0.3) is 0 Å². The van der Waals surface area contributed by atoms with Gasteiger partial charge in [-0.05, 0) is 95.7 Å². The number of benzene rings is 1. The van der Waals surface area contributed by atoms with Gasteiger partial charge in [0.15, 0.2) is 5.78 Å². The van der Waals surface area contributed by atoms with Crippen LogP contribution in [0.5, 0.6) is 0 Å². The zero-order chi connectivity index (χ0) is 29.5. The summed E-state index contributed by atoms with van der Waals surface area (Å²) >= 11 is 0. The summed E-state index contributed by atoms with van der Waals surface area (Å²) in [5, 5.41) is 12.7. The second kappa shape index (κ2) is 10.7. The third kappa shape index (κ3) is 4.92. The number of fused-ring (bicyclic) bond motifs is 2. The molecular weight excluding hydrogens is 522 g/mol. The van der Waals surface area contributed by atoms with E-state index in [1.165, 1.54) is 18.1 Å². The predicted molar refractivity (Wildman–Crippen MR) is 160 cm³/mol. The molecule has 2 aromatic heterocycles. The minimum absolute atomic E-state index is 0.0543. The number of carbonyl (C=O) groups is 2. The second-order valence-corrected chi connectivity index (χ2v) is 12.6. The van der Waals surface area contributed by atoms with Crippen LogP contribution in [-0.2, 0) is 17.6 Å². The van der Waals surface area contributed by atoms with E-state index in [9.17, 15) is 14.9 Å². The molecule has 3 aliphatic carbocycles. The van der Waals surface area contributed by atoms with Crippen molar-refractivity contribution in [1.82, 2.24) is 20.2 Å². The number of allylic oxidation sites excluding steroid dienone is 1. The first-order chi connectivity index (χ1) is 20.2. The van der Waals surface area contributed by atoms with Crippen molar-refractivity contribution in [2.24, 2.45) is 23.2 Å².